The maximum absolute atomic E-state index is 13.8. The topological polar surface area (TPSA) is 76.8 Å². The molecule has 8 rings (SSSR count). The van der Waals surface area contributed by atoms with Crippen molar-refractivity contribution in [3.05, 3.63) is 119 Å². The second-order valence-electron chi connectivity index (χ2n) is 9.14. The summed E-state index contributed by atoms with van der Waals surface area (Å²) >= 11 is 0. The minimum absolute atomic E-state index is 0.0951. The van der Waals surface area contributed by atoms with Crippen LogP contribution < -0.4 is 9.64 Å². The van der Waals surface area contributed by atoms with E-state index in [4.69, 9.17) is 9.15 Å². The molecule has 3 aliphatic carbocycles. The molecule has 0 saturated carbocycles. The summed E-state index contributed by atoms with van der Waals surface area (Å²) in [5.41, 5.74) is 5.03. The molecule has 0 radical (unpaired) electrons. The van der Waals surface area contributed by atoms with Crippen molar-refractivity contribution >= 4 is 23.5 Å². The molecule has 170 valence electrons. The van der Waals surface area contributed by atoms with E-state index < -0.39 is 17.8 Å². The lowest BCUT2D eigenvalue weighted by Gasteiger charge is -2.45. The lowest BCUT2D eigenvalue weighted by Crippen LogP contribution is -2.41. The number of esters is 1. The molecule has 1 aromatic heterocycles. The lowest BCUT2D eigenvalue weighted by molar-refractivity contribution is -0.122. The number of nitrogens with zero attached hydrogens (tertiary/aromatic N) is 1. The van der Waals surface area contributed by atoms with Gasteiger partial charge in [0.15, 0.2) is 0 Å². The number of rotatable bonds is 3. The van der Waals surface area contributed by atoms with Crippen LogP contribution in [-0.4, -0.2) is 17.8 Å². The minimum atomic E-state index is -0.616. The average molecular weight is 461 g/mol. The summed E-state index contributed by atoms with van der Waals surface area (Å²) in [6.07, 6.45) is 1.40. The highest BCUT2D eigenvalue weighted by Crippen LogP contribution is 2.61. The first-order chi connectivity index (χ1) is 17.1. The van der Waals surface area contributed by atoms with Gasteiger partial charge in [-0.25, -0.2) is 9.69 Å². The molecule has 6 heteroatoms. The van der Waals surface area contributed by atoms with Crippen LogP contribution in [0.15, 0.2) is 95.6 Å². The lowest BCUT2D eigenvalue weighted by atomic mass is 9.55. The number of hydrogen-bond donors (Lipinski definition) is 0. The molecule has 2 amide bonds. The Hall–Kier alpha value is -4.45. The summed E-state index contributed by atoms with van der Waals surface area (Å²) in [7, 11) is 0. The van der Waals surface area contributed by atoms with Crippen LogP contribution in [0.2, 0.25) is 0 Å². The SMILES string of the molecule is O=C(Oc1ccc(N2C(=O)[C@@H]3C4c5ccccc5C(c5ccccc54)[C@@H]3C2=O)cc1)c1ccco1. The van der Waals surface area contributed by atoms with Crippen LogP contribution in [0.1, 0.15) is 44.6 Å². The fourth-order valence-corrected chi connectivity index (χ4v) is 6.15. The van der Waals surface area contributed by atoms with Crippen LogP contribution >= 0.6 is 0 Å². The van der Waals surface area contributed by atoms with Gasteiger partial charge in [0, 0.05) is 11.8 Å². The Morgan fingerprint density at radius 3 is 1.66 bits per heavy atom. The van der Waals surface area contributed by atoms with E-state index in [0.29, 0.717) is 11.4 Å². The van der Waals surface area contributed by atoms with Gasteiger partial charge in [-0.05, 0) is 58.7 Å². The summed E-state index contributed by atoms with van der Waals surface area (Å²) in [5.74, 6) is -1.75. The highest BCUT2D eigenvalue weighted by molar-refractivity contribution is 6.23. The van der Waals surface area contributed by atoms with Gasteiger partial charge in [-0.2, -0.15) is 0 Å². The third kappa shape index (κ3) is 2.74. The molecular weight excluding hydrogens is 442 g/mol. The van der Waals surface area contributed by atoms with Crippen molar-refractivity contribution in [1.82, 2.24) is 0 Å². The maximum Gasteiger partial charge on any atom is 0.379 e. The molecule has 0 spiro atoms. The van der Waals surface area contributed by atoms with Gasteiger partial charge in [0.2, 0.25) is 17.6 Å². The van der Waals surface area contributed by atoms with Crippen LogP contribution in [0.3, 0.4) is 0 Å². The molecule has 6 nitrogen and oxygen atoms in total. The van der Waals surface area contributed by atoms with Crippen LogP contribution in [0, 0.1) is 11.8 Å². The van der Waals surface area contributed by atoms with Crippen molar-refractivity contribution in [2.75, 3.05) is 4.90 Å². The van der Waals surface area contributed by atoms with Gasteiger partial charge in [0.05, 0.1) is 23.8 Å². The quantitative estimate of drug-likeness (QED) is 0.247. The monoisotopic (exact) mass is 461 g/mol. The number of ether oxygens (including phenoxy) is 1. The molecule has 1 saturated heterocycles. The molecule has 1 fully saturated rings. The first-order valence-corrected chi connectivity index (χ1v) is 11.5. The van der Waals surface area contributed by atoms with Crippen molar-refractivity contribution < 1.29 is 23.5 Å². The molecule has 35 heavy (non-hydrogen) atoms. The zero-order valence-corrected chi connectivity index (χ0v) is 18.5. The standard InChI is InChI=1S/C29H19NO5/c31-27-25-23-18-6-1-2-7-19(18)24(21-9-4-3-8-20(21)23)26(25)28(32)30(27)16-11-13-17(14-12-16)35-29(33)22-10-5-15-34-22/h1-15,23-26H/t23?,24?,25-,26+. The van der Waals surface area contributed by atoms with Gasteiger partial charge in [-0.15, -0.1) is 0 Å². The van der Waals surface area contributed by atoms with E-state index in [1.807, 2.05) is 24.3 Å². The molecule has 1 aliphatic heterocycles. The van der Waals surface area contributed by atoms with Crippen LogP contribution in [0.4, 0.5) is 5.69 Å². The van der Waals surface area contributed by atoms with Crippen molar-refractivity contribution in [3.63, 3.8) is 0 Å². The van der Waals surface area contributed by atoms with Crippen LogP contribution in [0.25, 0.3) is 0 Å². The molecular formula is C29H19NO5. The first kappa shape index (κ1) is 20.0. The van der Waals surface area contributed by atoms with Gasteiger partial charge in [-0.3, -0.25) is 9.59 Å². The van der Waals surface area contributed by atoms with Crippen LogP contribution in [0.5, 0.6) is 5.75 Å². The van der Waals surface area contributed by atoms with E-state index >= 15 is 0 Å². The molecule has 0 N–H and O–H groups in total. The van der Waals surface area contributed by atoms with E-state index in [0.717, 1.165) is 22.3 Å². The Morgan fingerprint density at radius 1 is 0.686 bits per heavy atom. The van der Waals surface area contributed by atoms with Crippen molar-refractivity contribution in [3.8, 4) is 5.75 Å². The van der Waals surface area contributed by atoms with E-state index in [9.17, 15) is 14.4 Å². The van der Waals surface area contributed by atoms with Gasteiger partial charge in [0.1, 0.15) is 5.75 Å². The van der Waals surface area contributed by atoms with Gasteiger partial charge in [-0.1, -0.05) is 48.5 Å². The van der Waals surface area contributed by atoms with E-state index in [-0.39, 0.29) is 29.4 Å². The highest BCUT2D eigenvalue weighted by atomic mass is 16.5. The largest absolute Gasteiger partial charge is 0.457 e. The molecule has 4 aliphatic rings. The first-order valence-electron chi connectivity index (χ1n) is 11.5. The Kier molecular flexibility index (Phi) is 4.15. The minimum Gasteiger partial charge on any atom is -0.457 e. The van der Waals surface area contributed by atoms with Crippen molar-refractivity contribution in [1.29, 1.82) is 0 Å². The number of hydrogen-bond acceptors (Lipinski definition) is 5. The Balaban J connectivity index is 1.24. The zero-order valence-electron chi connectivity index (χ0n) is 18.5. The van der Waals surface area contributed by atoms with Gasteiger partial charge < -0.3 is 9.15 Å². The third-order valence-electron chi connectivity index (χ3n) is 7.48. The summed E-state index contributed by atoms with van der Waals surface area (Å²) in [5, 5.41) is 0. The smallest absolute Gasteiger partial charge is 0.379 e. The van der Waals surface area contributed by atoms with Crippen molar-refractivity contribution in [2.24, 2.45) is 11.8 Å². The van der Waals surface area contributed by atoms with Gasteiger partial charge >= 0.3 is 5.97 Å². The summed E-state index contributed by atoms with van der Waals surface area (Å²) in [4.78, 5) is 41.0. The Labute approximate surface area is 200 Å². The summed E-state index contributed by atoms with van der Waals surface area (Å²) in [6.45, 7) is 0. The second-order valence-corrected chi connectivity index (χ2v) is 9.14. The molecule has 2 heterocycles. The van der Waals surface area contributed by atoms with E-state index in [1.54, 1.807) is 30.3 Å². The fourth-order valence-electron chi connectivity index (χ4n) is 6.15. The Bertz CT molecular complexity index is 1390. The van der Waals surface area contributed by atoms with Crippen molar-refractivity contribution in [2.45, 2.75) is 11.8 Å². The molecule has 2 atom stereocenters. The normalized spacial score (nSPS) is 23.6. The molecule has 3 aromatic carbocycles. The molecule has 2 bridgehead atoms. The van der Waals surface area contributed by atoms with E-state index in [2.05, 4.69) is 24.3 Å². The number of carbonyl (C=O) groups excluding carboxylic acids is 3. The molecule has 4 aromatic rings. The number of carbonyl (C=O) groups is 3. The number of imide groups is 1. The van der Waals surface area contributed by atoms with Crippen LogP contribution in [-0.2, 0) is 9.59 Å². The number of furan rings is 1. The highest BCUT2D eigenvalue weighted by Gasteiger charge is 2.61. The maximum atomic E-state index is 13.8. The fraction of sp³-hybridized carbons (Fsp3) is 0.138. The number of anilines is 1. The molecule has 0 unspecified atom stereocenters. The van der Waals surface area contributed by atoms with E-state index in [1.165, 1.54) is 17.2 Å². The van der Waals surface area contributed by atoms with Gasteiger partial charge in [0.25, 0.3) is 0 Å². The Morgan fingerprint density at radius 2 is 1.20 bits per heavy atom. The number of amides is 2. The number of benzene rings is 3. The predicted octanol–water partition coefficient (Wildman–Crippen LogP) is 4.90. The zero-order chi connectivity index (χ0) is 23.7. The second kappa shape index (κ2) is 7.27. The predicted molar refractivity (Wildman–Crippen MR) is 126 cm³/mol. The third-order valence-corrected chi connectivity index (χ3v) is 7.48. The summed E-state index contributed by atoms with van der Waals surface area (Å²) < 4.78 is 10.4. The average Bonchev–Trinajstić information content (AvgIpc) is 3.52. The summed E-state index contributed by atoms with van der Waals surface area (Å²) in [6, 6.07) is 25.9.